The minimum atomic E-state index is -4.85. The average Bonchev–Trinajstić information content (AvgIpc) is 3.10. The number of halogens is 3. The Kier molecular flexibility index (Phi) is 4.74. The first-order valence-corrected chi connectivity index (χ1v) is 9.80. The first kappa shape index (κ1) is 18.7. The zero-order valence-electron chi connectivity index (χ0n) is 15.1. The lowest BCUT2D eigenvalue weighted by Gasteiger charge is -2.31. The number of carbonyl (C=O) groups is 1. The van der Waals surface area contributed by atoms with Crippen LogP contribution in [0.5, 0.6) is 0 Å². The molecule has 1 aliphatic heterocycles. The number of carbonyl (C=O) groups excluding carboxylic acids is 1. The van der Waals surface area contributed by atoms with Crippen molar-refractivity contribution in [3.63, 3.8) is 0 Å². The Labute approximate surface area is 164 Å². The van der Waals surface area contributed by atoms with Crippen LogP contribution in [0.15, 0.2) is 36.4 Å². The van der Waals surface area contributed by atoms with E-state index in [0.717, 1.165) is 42.5 Å². The molecule has 0 spiro atoms. The SMILES string of the molecule is CCNc1cc2c(c(-c3nc4ccccc4s3)c1)CCN(C(=O)C(F)(F)F)C2. The molecule has 4 rings (SSSR count). The molecule has 1 aromatic heterocycles. The fourth-order valence-corrected chi connectivity index (χ4v) is 4.55. The van der Waals surface area contributed by atoms with Gasteiger partial charge in [0.2, 0.25) is 0 Å². The first-order valence-electron chi connectivity index (χ1n) is 8.98. The molecular weight excluding hydrogens is 387 g/mol. The predicted molar refractivity (Wildman–Crippen MR) is 104 cm³/mol. The number of aromatic nitrogens is 1. The summed E-state index contributed by atoms with van der Waals surface area (Å²) in [5, 5.41) is 4.07. The molecule has 2 aromatic carbocycles. The maximum absolute atomic E-state index is 12.9. The Balaban J connectivity index is 1.78. The predicted octanol–water partition coefficient (Wildman–Crippen LogP) is 4.84. The lowest BCUT2D eigenvalue weighted by Crippen LogP contribution is -2.43. The molecule has 0 atom stereocenters. The highest BCUT2D eigenvalue weighted by molar-refractivity contribution is 7.21. The molecule has 0 unspecified atom stereocenters. The molecule has 28 heavy (non-hydrogen) atoms. The van der Waals surface area contributed by atoms with Crippen molar-refractivity contribution in [2.45, 2.75) is 26.1 Å². The second kappa shape index (κ2) is 7.09. The molecule has 146 valence electrons. The molecule has 3 aromatic rings. The van der Waals surface area contributed by atoms with Crippen molar-refractivity contribution in [1.29, 1.82) is 0 Å². The summed E-state index contributed by atoms with van der Waals surface area (Å²) in [5.74, 6) is -1.78. The maximum Gasteiger partial charge on any atom is 0.471 e. The molecule has 8 heteroatoms. The highest BCUT2D eigenvalue weighted by Gasteiger charge is 2.43. The second-order valence-corrected chi connectivity index (χ2v) is 7.68. The molecule has 0 fully saturated rings. The van der Waals surface area contributed by atoms with E-state index in [0.29, 0.717) is 13.0 Å². The first-order chi connectivity index (χ1) is 13.4. The number of nitrogens with one attached hydrogen (secondary N) is 1. The standard InChI is InChI=1S/C20H18F3N3OS/c1-2-24-13-9-12-11-26(19(27)20(21,22)23)8-7-14(12)15(10-13)18-25-16-5-3-4-6-17(16)28-18/h3-6,9-10,24H,2,7-8,11H2,1H3. The third-order valence-electron chi connectivity index (χ3n) is 4.77. The average molecular weight is 405 g/mol. The largest absolute Gasteiger partial charge is 0.471 e. The maximum atomic E-state index is 12.9. The van der Waals surface area contributed by atoms with Crippen molar-refractivity contribution in [3.05, 3.63) is 47.5 Å². The number of anilines is 1. The number of fused-ring (bicyclic) bond motifs is 2. The molecule has 0 saturated heterocycles. The van der Waals surface area contributed by atoms with Crippen LogP contribution in [-0.4, -0.2) is 35.1 Å². The van der Waals surface area contributed by atoms with Crippen LogP contribution in [0.25, 0.3) is 20.8 Å². The van der Waals surface area contributed by atoms with Crippen LogP contribution in [0.2, 0.25) is 0 Å². The van der Waals surface area contributed by atoms with Gasteiger partial charge in [-0.05, 0) is 48.7 Å². The Morgan fingerprint density at radius 1 is 1.29 bits per heavy atom. The van der Waals surface area contributed by atoms with E-state index in [1.54, 1.807) is 11.3 Å². The number of thiazole rings is 1. The van der Waals surface area contributed by atoms with Crippen LogP contribution < -0.4 is 5.32 Å². The van der Waals surface area contributed by atoms with Gasteiger partial charge in [0.1, 0.15) is 5.01 Å². The van der Waals surface area contributed by atoms with Gasteiger partial charge in [-0.2, -0.15) is 13.2 Å². The zero-order chi connectivity index (χ0) is 19.9. The molecule has 0 saturated carbocycles. The monoisotopic (exact) mass is 405 g/mol. The number of alkyl halides is 3. The highest BCUT2D eigenvalue weighted by Crippen LogP contribution is 2.38. The summed E-state index contributed by atoms with van der Waals surface area (Å²) in [6, 6.07) is 11.7. The van der Waals surface area contributed by atoms with E-state index in [-0.39, 0.29) is 13.1 Å². The Morgan fingerprint density at radius 2 is 2.07 bits per heavy atom. The third-order valence-corrected chi connectivity index (χ3v) is 5.84. The summed E-state index contributed by atoms with van der Waals surface area (Å²) in [5.41, 5.74) is 4.34. The van der Waals surface area contributed by atoms with Gasteiger partial charge >= 0.3 is 12.1 Å². The van der Waals surface area contributed by atoms with Gasteiger partial charge < -0.3 is 10.2 Å². The zero-order valence-corrected chi connectivity index (χ0v) is 16.0. The Bertz CT molecular complexity index is 1010. The van der Waals surface area contributed by atoms with Gasteiger partial charge in [-0.1, -0.05) is 12.1 Å². The van der Waals surface area contributed by atoms with Gasteiger partial charge in [-0.3, -0.25) is 4.79 Å². The van der Waals surface area contributed by atoms with Gasteiger partial charge in [-0.15, -0.1) is 11.3 Å². The number of nitrogens with zero attached hydrogens (tertiary/aromatic N) is 2. The van der Waals surface area contributed by atoms with Gasteiger partial charge in [0.25, 0.3) is 0 Å². The van der Waals surface area contributed by atoms with E-state index >= 15 is 0 Å². The lowest BCUT2D eigenvalue weighted by molar-refractivity contribution is -0.186. The number of hydrogen-bond donors (Lipinski definition) is 1. The Hall–Kier alpha value is -2.61. The lowest BCUT2D eigenvalue weighted by atomic mass is 9.93. The van der Waals surface area contributed by atoms with E-state index in [9.17, 15) is 18.0 Å². The van der Waals surface area contributed by atoms with E-state index in [1.165, 1.54) is 0 Å². The van der Waals surface area contributed by atoms with Crippen molar-refractivity contribution in [2.75, 3.05) is 18.4 Å². The molecule has 4 nitrogen and oxygen atoms in total. The molecular formula is C20H18F3N3OS. The number of benzene rings is 2. The molecule has 0 radical (unpaired) electrons. The molecule has 1 aliphatic rings. The van der Waals surface area contributed by atoms with E-state index < -0.39 is 12.1 Å². The molecule has 0 bridgehead atoms. The van der Waals surface area contributed by atoms with Crippen LogP contribution in [0, 0.1) is 0 Å². The molecule has 1 amide bonds. The van der Waals surface area contributed by atoms with E-state index in [2.05, 4.69) is 5.32 Å². The molecule has 1 N–H and O–H groups in total. The Morgan fingerprint density at radius 3 is 2.79 bits per heavy atom. The molecule has 2 heterocycles. The summed E-state index contributed by atoms with van der Waals surface area (Å²) >= 11 is 1.56. The minimum Gasteiger partial charge on any atom is -0.385 e. The van der Waals surface area contributed by atoms with Crippen LogP contribution in [0.3, 0.4) is 0 Å². The smallest absolute Gasteiger partial charge is 0.385 e. The number of hydrogen-bond acceptors (Lipinski definition) is 4. The summed E-state index contributed by atoms with van der Waals surface area (Å²) < 4.78 is 39.6. The quantitative estimate of drug-likeness (QED) is 0.678. The fourth-order valence-electron chi connectivity index (χ4n) is 3.54. The molecule has 0 aliphatic carbocycles. The van der Waals surface area contributed by atoms with E-state index in [1.807, 2.05) is 43.3 Å². The van der Waals surface area contributed by atoms with Gasteiger partial charge in [-0.25, -0.2) is 4.98 Å². The summed E-state index contributed by atoms with van der Waals surface area (Å²) in [4.78, 5) is 17.3. The van der Waals surface area contributed by atoms with Crippen molar-refractivity contribution < 1.29 is 18.0 Å². The van der Waals surface area contributed by atoms with Crippen molar-refractivity contribution >= 4 is 33.1 Å². The summed E-state index contributed by atoms with van der Waals surface area (Å²) in [7, 11) is 0. The highest BCUT2D eigenvalue weighted by atomic mass is 32.1. The van der Waals surface area contributed by atoms with Gasteiger partial charge in [0.05, 0.1) is 10.2 Å². The normalized spacial score (nSPS) is 14.2. The van der Waals surface area contributed by atoms with Crippen LogP contribution in [0.4, 0.5) is 18.9 Å². The summed E-state index contributed by atoms with van der Waals surface area (Å²) in [6.45, 7) is 2.63. The minimum absolute atomic E-state index is 0.0454. The third kappa shape index (κ3) is 3.44. The fraction of sp³-hybridized carbons (Fsp3) is 0.300. The van der Waals surface area contributed by atoms with Gasteiger partial charge in [0.15, 0.2) is 0 Å². The second-order valence-electron chi connectivity index (χ2n) is 6.65. The van der Waals surface area contributed by atoms with E-state index in [4.69, 9.17) is 4.98 Å². The summed E-state index contributed by atoms with van der Waals surface area (Å²) in [6.07, 6.45) is -4.48. The van der Waals surface area contributed by atoms with Crippen LogP contribution in [-0.2, 0) is 17.8 Å². The van der Waals surface area contributed by atoms with Crippen LogP contribution in [0.1, 0.15) is 18.1 Å². The van der Waals surface area contributed by atoms with Crippen molar-refractivity contribution in [3.8, 4) is 10.6 Å². The van der Waals surface area contributed by atoms with Gasteiger partial charge in [0, 0.05) is 30.9 Å². The number of rotatable bonds is 3. The van der Waals surface area contributed by atoms with Crippen molar-refractivity contribution in [2.24, 2.45) is 0 Å². The number of amides is 1. The van der Waals surface area contributed by atoms with Crippen LogP contribution >= 0.6 is 11.3 Å². The van der Waals surface area contributed by atoms with Crippen molar-refractivity contribution in [1.82, 2.24) is 9.88 Å². The number of para-hydroxylation sites is 1. The topological polar surface area (TPSA) is 45.2 Å².